The van der Waals surface area contributed by atoms with Crippen LogP contribution in [0, 0.1) is 0 Å². The molecule has 0 radical (unpaired) electrons. The third-order valence-electron chi connectivity index (χ3n) is 3.22. The first kappa shape index (κ1) is 15.2. The second-order valence-corrected chi connectivity index (χ2v) is 7.66. The van der Waals surface area contributed by atoms with Crippen LogP contribution in [0.4, 0.5) is 5.69 Å². The van der Waals surface area contributed by atoms with E-state index in [1.165, 1.54) is 0 Å². The fourth-order valence-corrected chi connectivity index (χ4v) is 4.47. The molecule has 1 fully saturated rings. The van der Waals surface area contributed by atoms with Crippen LogP contribution in [0.1, 0.15) is 6.42 Å². The molecular weight excluding hydrogens is 294 g/mol. The van der Waals surface area contributed by atoms with E-state index in [4.69, 9.17) is 12.2 Å². The Bertz CT molecular complexity index is 573. The van der Waals surface area contributed by atoms with Gasteiger partial charge in [-0.3, -0.25) is 5.01 Å². The molecule has 1 aliphatic rings. The maximum atomic E-state index is 11.6. The minimum absolute atomic E-state index is 0.0984. The summed E-state index contributed by atoms with van der Waals surface area (Å²) in [4.78, 5) is 0. The Morgan fingerprint density at radius 1 is 1.30 bits per heavy atom. The van der Waals surface area contributed by atoms with Gasteiger partial charge in [-0.25, -0.2) is 13.4 Å². The maximum Gasteiger partial charge on any atom is 0.188 e. The number of benzene rings is 1. The summed E-state index contributed by atoms with van der Waals surface area (Å²) in [6, 6.07) is 9.52. The molecule has 0 amide bonds. The first-order valence-electron chi connectivity index (χ1n) is 6.42. The third kappa shape index (κ3) is 3.68. The molecule has 1 aromatic rings. The van der Waals surface area contributed by atoms with E-state index in [-0.39, 0.29) is 17.5 Å². The monoisotopic (exact) mass is 313 g/mol. The summed E-state index contributed by atoms with van der Waals surface area (Å²) >= 11 is 5.42. The molecule has 0 aliphatic carbocycles. The highest BCUT2D eigenvalue weighted by Crippen LogP contribution is 2.20. The molecule has 1 N–H and O–H groups in total. The molecule has 0 unspecified atom stereocenters. The average Bonchev–Trinajstić information content (AvgIpc) is 2.70. The third-order valence-corrected chi connectivity index (χ3v) is 5.26. The number of nitrogens with one attached hydrogen (secondary N) is 1. The van der Waals surface area contributed by atoms with Crippen molar-refractivity contribution in [2.24, 2.45) is 0 Å². The van der Waals surface area contributed by atoms with Crippen molar-refractivity contribution >= 4 is 32.9 Å². The lowest BCUT2D eigenvalue weighted by Crippen LogP contribution is -2.51. The molecule has 0 bridgehead atoms. The van der Waals surface area contributed by atoms with Crippen LogP contribution in [0.3, 0.4) is 0 Å². The Labute approximate surface area is 125 Å². The predicted molar refractivity (Wildman–Crippen MR) is 85.2 cm³/mol. The summed E-state index contributed by atoms with van der Waals surface area (Å²) in [5.74, 6) is 0.387. The number of hydrazine groups is 1. The van der Waals surface area contributed by atoms with E-state index >= 15 is 0 Å². The van der Waals surface area contributed by atoms with Gasteiger partial charge in [0, 0.05) is 19.8 Å². The van der Waals surface area contributed by atoms with Crippen LogP contribution in [0.5, 0.6) is 0 Å². The van der Waals surface area contributed by atoms with Crippen molar-refractivity contribution in [1.29, 1.82) is 0 Å². The number of nitrogens with zero attached hydrogens (tertiary/aromatic N) is 2. The summed E-state index contributed by atoms with van der Waals surface area (Å²) < 4.78 is 23.3. The fourth-order valence-electron chi connectivity index (χ4n) is 2.34. The van der Waals surface area contributed by atoms with Crippen LogP contribution in [-0.2, 0) is 9.84 Å². The molecule has 20 heavy (non-hydrogen) atoms. The lowest BCUT2D eigenvalue weighted by molar-refractivity contribution is 0.0757. The summed E-state index contributed by atoms with van der Waals surface area (Å²) in [7, 11) is 0.794. The molecule has 7 heteroatoms. The van der Waals surface area contributed by atoms with Crippen LogP contribution >= 0.6 is 12.2 Å². The highest BCUT2D eigenvalue weighted by atomic mass is 32.2. The molecule has 1 aromatic carbocycles. The van der Waals surface area contributed by atoms with Gasteiger partial charge in [0.25, 0.3) is 0 Å². The van der Waals surface area contributed by atoms with Crippen molar-refractivity contribution in [2.45, 2.75) is 12.5 Å². The van der Waals surface area contributed by atoms with Crippen molar-refractivity contribution in [1.82, 2.24) is 10.0 Å². The first-order chi connectivity index (χ1) is 9.39. The highest BCUT2D eigenvalue weighted by Gasteiger charge is 2.34. The zero-order valence-electron chi connectivity index (χ0n) is 11.6. The van der Waals surface area contributed by atoms with E-state index in [1.807, 2.05) is 54.4 Å². The smallest absolute Gasteiger partial charge is 0.188 e. The lowest BCUT2D eigenvalue weighted by atomic mass is 10.2. The Hall–Kier alpha value is -1.18. The average molecular weight is 313 g/mol. The molecule has 0 spiro atoms. The first-order valence-corrected chi connectivity index (χ1v) is 8.65. The molecule has 5 nitrogen and oxygen atoms in total. The second kappa shape index (κ2) is 6.07. The molecule has 0 aromatic heterocycles. The maximum absolute atomic E-state index is 11.6. The van der Waals surface area contributed by atoms with Gasteiger partial charge < -0.3 is 5.32 Å². The molecule has 0 saturated carbocycles. The number of sulfone groups is 1. The standard InChI is InChI=1S/C13H19N3O2S2/c1-15(2)16(12-8-9-20(17,18)10-12)13(19)14-11-6-4-3-5-7-11/h3-7,12H,8-10H2,1-2H3,(H,14,19)/t12-/m0/s1. The van der Waals surface area contributed by atoms with Crippen molar-refractivity contribution in [3.05, 3.63) is 30.3 Å². The van der Waals surface area contributed by atoms with Crippen LogP contribution in [-0.4, -0.2) is 55.2 Å². The SMILES string of the molecule is CN(C)N(C(=S)Nc1ccccc1)[C@H]1CCS(=O)(=O)C1. The number of hydrogen-bond donors (Lipinski definition) is 1. The van der Waals surface area contributed by atoms with Gasteiger partial charge in [0.2, 0.25) is 0 Å². The predicted octanol–water partition coefficient (Wildman–Crippen LogP) is 1.35. The lowest BCUT2D eigenvalue weighted by Gasteiger charge is -2.36. The van der Waals surface area contributed by atoms with Gasteiger partial charge in [0.05, 0.1) is 17.5 Å². The zero-order chi connectivity index (χ0) is 14.8. The zero-order valence-corrected chi connectivity index (χ0v) is 13.2. The van der Waals surface area contributed by atoms with E-state index in [0.717, 1.165) is 5.69 Å². The minimum Gasteiger partial charge on any atom is -0.332 e. The Kier molecular flexibility index (Phi) is 4.62. The van der Waals surface area contributed by atoms with Gasteiger partial charge >= 0.3 is 0 Å². The molecule has 1 heterocycles. The highest BCUT2D eigenvalue weighted by molar-refractivity contribution is 7.91. The van der Waals surface area contributed by atoms with Gasteiger partial charge in [-0.1, -0.05) is 18.2 Å². The topological polar surface area (TPSA) is 52.6 Å². The summed E-state index contributed by atoms with van der Waals surface area (Å²) in [5, 5.41) is 7.34. The second-order valence-electron chi connectivity index (χ2n) is 5.04. The van der Waals surface area contributed by atoms with Gasteiger partial charge in [-0.05, 0) is 30.8 Å². The normalized spacial score (nSPS) is 20.9. The fraction of sp³-hybridized carbons (Fsp3) is 0.462. The van der Waals surface area contributed by atoms with E-state index in [1.54, 1.807) is 0 Å². The van der Waals surface area contributed by atoms with Crippen molar-refractivity contribution < 1.29 is 8.42 Å². The summed E-state index contributed by atoms with van der Waals surface area (Å²) in [6.45, 7) is 0. The van der Waals surface area contributed by atoms with E-state index in [9.17, 15) is 8.42 Å². The van der Waals surface area contributed by atoms with Gasteiger partial charge in [0.1, 0.15) is 0 Å². The van der Waals surface area contributed by atoms with E-state index in [0.29, 0.717) is 11.5 Å². The van der Waals surface area contributed by atoms with Gasteiger partial charge in [-0.15, -0.1) is 0 Å². The largest absolute Gasteiger partial charge is 0.332 e. The Balaban J connectivity index is 2.11. The molecule has 1 saturated heterocycles. The molecule has 2 rings (SSSR count). The molecular formula is C13H19N3O2S2. The van der Waals surface area contributed by atoms with Crippen molar-refractivity contribution in [2.75, 3.05) is 30.9 Å². The number of thiocarbonyl (C=S) groups is 1. The van der Waals surface area contributed by atoms with Crippen LogP contribution in [0.15, 0.2) is 30.3 Å². The summed E-state index contributed by atoms with van der Waals surface area (Å²) in [5.41, 5.74) is 0.894. The Morgan fingerprint density at radius 3 is 2.45 bits per heavy atom. The molecule has 110 valence electrons. The molecule has 1 atom stereocenters. The van der Waals surface area contributed by atoms with Crippen molar-refractivity contribution in [3.8, 4) is 0 Å². The minimum atomic E-state index is -2.94. The van der Waals surface area contributed by atoms with Crippen LogP contribution < -0.4 is 5.32 Å². The van der Waals surface area contributed by atoms with Crippen LogP contribution in [0.25, 0.3) is 0 Å². The quantitative estimate of drug-likeness (QED) is 0.671. The van der Waals surface area contributed by atoms with Gasteiger partial charge in [0.15, 0.2) is 14.9 Å². The number of rotatable bonds is 3. The molecule has 1 aliphatic heterocycles. The van der Waals surface area contributed by atoms with E-state index in [2.05, 4.69) is 5.32 Å². The number of para-hydroxylation sites is 1. The van der Waals surface area contributed by atoms with Gasteiger partial charge in [-0.2, -0.15) is 0 Å². The number of hydrogen-bond acceptors (Lipinski definition) is 4. The summed E-state index contributed by atoms with van der Waals surface area (Å²) in [6.07, 6.45) is 0.608. The van der Waals surface area contributed by atoms with E-state index < -0.39 is 9.84 Å². The Morgan fingerprint density at radius 2 is 1.95 bits per heavy atom. The number of anilines is 1. The van der Waals surface area contributed by atoms with Crippen molar-refractivity contribution in [3.63, 3.8) is 0 Å². The van der Waals surface area contributed by atoms with Crippen LogP contribution in [0.2, 0.25) is 0 Å².